The molecule has 1 heterocycles. The number of nitrogens with one attached hydrogen (secondary N) is 2. The molecule has 0 radical (unpaired) electrons. The Morgan fingerprint density at radius 1 is 1.05 bits per heavy atom. The largest absolute Gasteiger partial charge is 0.365 e. The van der Waals surface area contributed by atoms with Gasteiger partial charge in [0.1, 0.15) is 17.5 Å². The van der Waals surface area contributed by atoms with Gasteiger partial charge in [0.05, 0.1) is 10.7 Å². The van der Waals surface area contributed by atoms with Gasteiger partial charge in [-0.05, 0) is 39.8 Å². The Kier molecular flexibility index (Phi) is 4.14. The maximum atomic E-state index is 6.14. The average molecular weight is 291 g/mol. The first-order valence-corrected chi connectivity index (χ1v) is 6.87. The Balaban J connectivity index is 2.27. The van der Waals surface area contributed by atoms with Crippen LogP contribution in [0.25, 0.3) is 0 Å². The van der Waals surface area contributed by atoms with E-state index >= 15 is 0 Å². The number of anilines is 3. The van der Waals surface area contributed by atoms with Crippen LogP contribution in [0.15, 0.2) is 30.3 Å². The molecule has 0 amide bonds. The topological polar surface area (TPSA) is 49.8 Å². The summed E-state index contributed by atoms with van der Waals surface area (Å²) in [6.07, 6.45) is 0. The predicted molar refractivity (Wildman–Crippen MR) is 84.9 cm³/mol. The van der Waals surface area contributed by atoms with E-state index in [2.05, 4.69) is 41.4 Å². The first-order valence-electron chi connectivity index (χ1n) is 6.49. The van der Waals surface area contributed by atoms with Crippen LogP contribution in [-0.4, -0.2) is 15.5 Å². The molecule has 0 fully saturated rings. The molecule has 1 aromatic heterocycles. The third-order valence-corrected chi connectivity index (χ3v) is 2.81. The van der Waals surface area contributed by atoms with E-state index in [1.54, 1.807) is 0 Å². The summed E-state index contributed by atoms with van der Waals surface area (Å²) in [5.74, 6) is 2.21. The lowest BCUT2D eigenvalue weighted by molar-refractivity contribution is 0.629. The van der Waals surface area contributed by atoms with E-state index in [0.717, 1.165) is 17.3 Å². The second-order valence-corrected chi connectivity index (χ2v) is 6.07. The number of aryl methyl sites for hydroxylation is 1. The van der Waals surface area contributed by atoms with E-state index in [1.165, 1.54) is 0 Å². The molecule has 20 heavy (non-hydrogen) atoms. The minimum Gasteiger partial charge on any atom is -0.365 e. The van der Waals surface area contributed by atoms with E-state index in [-0.39, 0.29) is 5.54 Å². The van der Waals surface area contributed by atoms with Crippen LogP contribution >= 0.6 is 11.6 Å². The van der Waals surface area contributed by atoms with Crippen molar-refractivity contribution in [2.24, 2.45) is 0 Å². The second kappa shape index (κ2) is 5.67. The van der Waals surface area contributed by atoms with E-state index in [4.69, 9.17) is 11.6 Å². The Morgan fingerprint density at radius 2 is 1.70 bits per heavy atom. The van der Waals surface area contributed by atoms with E-state index in [0.29, 0.717) is 10.8 Å². The summed E-state index contributed by atoms with van der Waals surface area (Å²) < 4.78 is 0. The van der Waals surface area contributed by atoms with Crippen LogP contribution in [0.5, 0.6) is 0 Å². The van der Waals surface area contributed by atoms with Crippen LogP contribution in [-0.2, 0) is 0 Å². The Bertz CT molecular complexity index is 605. The van der Waals surface area contributed by atoms with Crippen molar-refractivity contribution in [3.05, 3.63) is 41.2 Å². The molecule has 0 aliphatic heterocycles. The molecule has 106 valence electrons. The SMILES string of the molecule is Cc1nc(Nc2ccccc2Cl)cc(NC(C)(C)C)n1. The van der Waals surface area contributed by atoms with E-state index < -0.39 is 0 Å². The number of rotatable bonds is 3. The van der Waals surface area contributed by atoms with Crippen molar-refractivity contribution in [1.29, 1.82) is 0 Å². The zero-order chi connectivity index (χ0) is 14.8. The fraction of sp³-hybridized carbons (Fsp3) is 0.333. The lowest BCUT2D eigenvalue weighted by Crippen LogP contribution is -2.26. The number of hydrogen-bond donors (Lipinski definition) is 2. The third kappa shape index (κ3) is 4.10. The highest BCUT2D eigenvalue weighted by molar-refractivity contribution is 6.33. The van der Waals surface area contributed by atoms with Crippen LogP contribution in [0.1, 0.15) is 26.6 Å². The van der Waals surface area contributed by atoms with Crippen molar-refractivity contribution in [3.63, 3.8) is 0 Å². The van der Waals surface area contributed by atoms with Gasteiger partial charge in [-0.25, -0.2) is 9.97 Å². The number of nitrogens with zero attached hydrogens (tertiary/aromatic N) is 2. The molecule has 0 saturated carbocycles. The highest BCUT2D eigenvalue weighted by Crippen LogP contribution is 2.25. The van der Waals surface area contributed by atoms with E-state index in [9.17, 15) is 0 Å². The van der Waals surface area contributed by atoms with Gasteiger partial charge >= 0.3 is 0 Å². The normalized spacial score (nSPS) is 11.2. The summed E-state index contributed by atoms with van der Waals surface area (Å²) >= 11 is 6.14. The summed E-state index contributed by atoms with van der Waals surface area (Å²) in [4.78, 5) is 8.77. The van der Waals surface area contributed by atoms with Crippen LogP contribution in [0.4, 0.5) is 17.3 Å². The zero-order valence-electron chi connectivity index (χ0n) is 12.2. The lowest BCUT2D eigenvalue weighted by Gasteiger charge is -2.21. The molecule has 5 heteroatoms. The first-order chi connectivity index (χ1) is 9.33. The van der Waals surface area contributed by atoms with Gasteiger partial charge in [-0.3, -0.25) is 0 Å². The molecule has 0 saturated heterocycles. The zero-order valence-corrected chi connectivity index (χ0v) is 12.9. The van der Waals surface area contributed by atoms with Crippen molar-refractivity contribution in [1.82, 2.24) is 9.97 Å². The maximum Gasteiger partial charge on any atom is 0.136 e. The molecular weight excluding hydrogens is 272 g/mol. The second-order valence-electron chi connectivity index (χ2n) is 5.67. The minimum absolute atomic E-state index is 0.0531. The van der Waals surface area contributed by atoms with Crippen LogP contribution < -0.4 is 10.6 Å². The van der Waals surface area contributed by atoms with Crippen LogP contribution in [0.2, 0.25) is 5.02 Å². The molecule has 0 unspecified atom stereocenters. The van der Waals surface area contributed by atoms with Crippen LogP contribution in [0, 0.1) is 6.92 Å². The van der Waals surface area contributed by atoms with E-state index in [1.807, 2.05) is 37.3 Å². The first kappa shape index (κ1) is 14.6. The fourth-order valence-corrected chi connectivity index (χ4v) is 1.96. The monoisotopic (exact) mass is 290 g/mol. The maximum absolute atomic E-state index is 6.14. The quantitative estimate of drug-likeness (QED) is 0.880. The Hall–Kier alpha value is -1.81. The molecule has 2 aromatic rings. The molecule has 2 N–H and O–H groups in total. The van der Waals surface area contributed by atoms with Gasteiger partial charge in [0.25, 0.3) is 0 Å². The van der Waals surface area contributed by atoms with Crippen LogP contribution in [0.3, 0.4) is 0 Å². The Morgan fingerprint density at radius 3 is 2.35 bits per heavy atom. The standard InChI is InChI=1S/C15H19ClN4/c1-10-17-13(9-14(18-10)20-15(2,3)4)19-12-8-6-5-7-11(12)16/h5-9H,1-4H3,(H2,17,18,19,20). The molecular formula is C15H19ClN4. The summed E-state index contributed by atoms with van der Waals surface area (Å²) in [6, 6.07) is 9.45. The summed E-state index contributed by atoms with van der Waals surface area (Å²) in [5, 5.41) is 7.22. The number of halogens is 1. The number of para-hydroxylation sites is 1. The van der Waals surface area contributed by atoms with Gasteiger partial charge in [-0.1, -0.05) is 23.7 Å². The molecule has 1 aromatic carbocycles. The molecule has 0 bridgehead atoms. The van der Waals surface area contributed by atoms with Gasteiger partial charge in [-0.2, -0.15) is 0 Å². The number of aromatic nitrogens is 2. The van der Waals surface area contributed by atoms with Crippen molar-refractivity contribution in [2.75, 3.05) is 10.6 Å². The fourth-order valence-electron chi connectivity index (χ4n) is 1.78. The molecule has 0 spiro atoms. The average Bonchev–Trinajstić information content (AvgIpc) is 2.29. The molecule has 4 nitrogen and oxygen atoms in total. The molecule has 0 atom stereocenters. The third-order valence-electron chi connectivity index (χ3n) is 2.48. The van der Waals surface area contributed by atoms with Crippen molar-refractivity contribution < 1.29 is 0 Å². The smallest absolute Gasteiger partial charge is 0.136 e. The van der Waals surface area contributed by atoms with Gasteiger partial charge in [0.15, 0.2) is 0 Å². The van der Waals surface area contributed by atoms with Gasteiger partial charge in [0.2, 0.25) is 0 Å². The van der Waals surface area contributed by atoms with Crippen molar-refractivity contribution in [2.45, 2.75) is 33.2 Å². The lowest BCUT2D eigenvalue weighted by atomic mass is 10.1. The molecule has 0 aliphatic rings. The Labute approximate surface area is 124 Å². The minimum atomic E-state index is -0.0531. The molecule has 0 aliphatic carbocycles. The number of hydrogen-bond acceptors (Lipinski definition) is 4. The summed E-state index contributed by atoms with van der Waals surface area (Å²) in [5.41, 5.74) is 0.775. The van der Waals surface area contributed by atoms with Crippen molar-refractivity contribution >= 4 is 28.9 Å². The van der Waals surface area contributed by atoms with Gasteiger partial charge in [-0.15, -0.1) is 0 Å². The van der Waals surface area contributed by atoms with Gasteiger partial charge in [0, 0.05) is 11.6 Å². The number of benzene rings is 1. The van der Waals surface area contributed by atoms with Gasteiger partial charge < -0.3 is 10.6 Å². The highest BCUT2D eigenvalue weighted by Gasteiger charge is 2.12. The summed E-state index contributed by atoms with van der Waals surface area (Å²) in [6.45, 7) is 8.13. The highest BCUT2D eigenvalue weighted by atomic mass is 35.5. The predicted octanol–water partition coefficient (Wildman–Crippen LogP) is 4.39. The van der Waals surface area contributed by atoms with Crippen molar-refractivity contribution in [3.8, 4) is 0 Å². The molecule has 2 rings (SSSR count). The summed E-state index contributed by atoms with van der Waals surface area (Å²) in [7, 11) is 0.